The Morgan fingerprint density at radius 2 is 0.898 bits per heavy atom. The average molecular weight is 773 g/mol. The summed E-state index contributed by atoms with van der Waals surface area (Å²) in [6.07, 6.45) is 0. The third-order valence-electron chi connectivity index (χ3n) is 12.7. The number of rotatable bonds is 2. The van der Waals surface area contributed by atoms with Gasteiger partial charge in [0.15, 0.2) is 0 Å². The molecular formula is C59H64. The summed E-state index contributed by atoms with van der Waals surface area (Å²) >= 11 is 0. The molecule has 0 heterocycles. The van der Waals surface area contributed by atoms with Crippen LogP contribution in [0.15, 0.2) is 152 Å². The van der Waals surface area contributed by atoms with Crippen molar-refractivity contribution in [2.24, 2.45) is 0 Å². The Morgan fingerprint density at radius 1 is 0.356 bits per heavy atom. The van der Waals surface area contributed by atoms with E-state index >= 15 is 0 Å². The molecule has 0 saturated heterocycles. The highest BCUT2D eigenvalue weighted by molar-refractivity contribution is 5.94. The first-order valence-electron chi connectivity index (χ1n) is 21.5. The van der Waals surface area contributed by atoms with Gasteiger partial charge >= 0.3 is 0 Å². The summed E-state index contributed by atoms with van der Waals surface area (Å²) in [4.78, 5) is 0. The lowest BCUT2D eigenvalue weighted by atomic mass is 9.71. The second-order valence-corrected chi connectivity index (χ2v) is 20.1. The van der Waals surface area contributed by atoms with Crippen molar-refractivity contribution >= 4 is 0 Å². The number of fused-ring (bicyclic) bond motifs is 6. The van der Waals surface area contributed by atoms with Crippen LogP contribution in [0.4, 0.5) is 0 Å². The lowest BCUT2D eigenvalue weighted by Crippen LogP contribution is -2.24. The van der Waals surface area contributed by atoms with Gasteiger partial charge in [-0.3, -0.25) is 0 Å². The Morgan fingerprint density at radius 3 is 1.56 bits per heavy atom. The summed E-state index contributed by atoms with van der Waals surface area (Å²) in [6, 6.07) is 55.4. The van der Waals surface area contributed by atoms with Crippen molar-refractivity contribution in [3.63, 3.8) is 0 Å². The molecule has 0 aromatic heterocycles. The van der Waals surface area contributed by atoms with E-state index in [-0.39, 0.29) is 21.7 Å². The molecule has 0 bridgehead atoms. The summed E-state index contributed by atoms with van der Waals surface area (Å²) in [5.74, 6) is 0. The summed E-state index contributed by atoms with van der Waals surface area (Å²) in [5, 5.41) is 0. The zero-order chi connectivity index (χ0) is 42.5. The molecule has 0 fully saturated rings. The van der Waals surface area contributed by atoms with Crippen LogP contribution < -0.4 is 0 Å². The molecule has 0 atom stereocenters. The SMILES string of the molecule is Cc1ccc(-c2ccccc2)cc1.Cc1ccc2c(c1)C(C)(C)c1ccccc1-2.Cc1cccc(-c2cccc3c2-c2cc(C(C)(C)C)cc(C(C)(C)C)c2C3(C)C)c1. The first-order valence-corrected chi connectivity index (χ1v) is 21.5. The van der Waals surface area contributed by atoms with Crippen LogP contribution in [0, 0.1) is 20.8 Å². The highest BCUT2D eigenvalue weighted by atomic mass is 14.4. The number of aryl methyl sites for hydroxylation is 3. The lowest BCUT2D eigenvalue weighted by Gasteiger charge is -2.32. The van der Waals surface area contributed by atoms with E-state index in [1.807, 2.05) is 6.07 Å². The Kier molecular flexibility index (Phi) is 11.0. The van der Waals surface area contributed by atoms with Crippen LogP contribution >= 0.6 is 0 Å². The predicted molar refractivity (Wildman–Crippen MR) is 257 cm³/mol. The second-order valence-electron chi connectivity index (χ2n) is 20.1. The summed E-state index contributed by atoms with van der Waals surface area (Å²) in [7, 11) is 0. The van der Waals surface area contributed by atoms with E-state index in [4.69, 9.17) is 0 Å². The van der Waals surface area contributed by atoms with Crippen molar-refractivity contribution in [2.45, 2.75) is 112 Å². The van der Waals surface area contributed by atoms with Gasteiger partial charge in [-0.1, -0.05) is 238 Å². The monoisotopic (exact) mass is 773 g/mol. The fraction of sp³-hybridized carbons (Fsp3) is 0.288. The van der Waals surface area contributed by atoms with E-state index in [9.17, 15) is 0 Å². The van der Waals surface area contributed by atoms with Crippen LogP contribution in [0.25, 0.3) is 44.5 Å². The van der Waals surface area contributed by atoms with Crippen LogP contribution in [0.3, 0.4) is 0 Å². The van der Waals surface area contributed by atoms with E-state index in [1.54, 1.807) is 0 Å². The molecule has 0 nitrogen and oxygen atoms in total. The van der Waals surface area contributed by atoms with Crippen molar-refractivity contribution in [2.75, 3.05) is 0 Å². The van der Waals surface area contributed by atoms with Gasteiger partial charge in [-0.15, -0.1) is 0 Å². The maximum Gasteiger partial charge on any atom is 0.0162 e. The van der Waals surface area contributed by atoms with Crippen molar-refractivity contribution in [3.05, 3.63) is 202 Å². The van der Waals surface area contributed by atoms with E-state index < -0.39 is 0 Å². The largest absolute Gasteiger partial charge is 0.0622 e. The molecule has 300 valence electrons. The first-order chi connectivity index (χ1) is 27.8. The molecule has 0 N–H and O–H groups in total. The minimum absolute atomic E-state index is 0.0104. The third-order valence-corrected chi connectivity index (χ3v) is 12.7. The first kappa shape index (κ1) is 41.7. The fourth-order valence-corrected chi connectivity index (χ4v) is 9.28. The summed E-state index contributed by atoms with van der Waals surface area (Å²) in [5.41, 5.74) is 24.0. The van der Waals surface area contributed by atoms with E-state index in [1.165, 1.54) is 94.6 Å². The average Bonchev–Trinajstić information content (AvgIpc) is 3.57. The molecule has 0 spiro atoms. The second kappa shape index (κ2) is 15.6. The predicted octanol–water partition coefficient (Wildman–Crippen LogP) is 16.5. The van der Waals surface area contributed by atoms with Gasteiger partial charge < -0.3 is 0 Å². The summed E-state index contributed by atoms with van der Waals surface area (Å²) in [6.45, 7) is 30.0. The molecule has 7 aromatic rings. The van der Waals surface area contributed by atoms with Gasteiger partial charge in [-0.05, 0) is 109 Å². The third kappa shape index (κ3) is 8.12. The van der Waals surface area contributed by atoms with Gasteiger partial charge in [-0.2, -0.15) is 0 Å². The zero-order valence-electron chi connectivity index (χ0n) is 37.9. The van der Waals surface area contributed by atoms with Gasteiger partial charge in [0.1, 0.15) is 0 Å². The smallest absolute Gasteiger partial charge is 0.0162 e. The maximum atomic E-state index is 2.48. The molecule has 2 aliphatic carbocycles. The van der Waals surface area contributed by atoms with E-state index in [2.05, 4.69) is 236 Å². The van der Waals surface area contributed by atoms with Crippen LogP contribution in [-0.2, 0) is 21.7 Å². The molecule has 0 saturated carbocycles. The van der Waals surface area contributed by atoms with Gasteiger partial charge in [-0.25, -0.2) is 0 Å². The molecule has 0 radical (unpaired) electrons. The molecule has 0 heteroatoms. The standard InChI is InChI=1S/C30H36.C16H16.C13H12/c1-19-12-10-13-20(16-19)22-14-11-15-24-26(22)23-17-21(28(2,3)4)18-25(29(5,6)7)27(23)30(24,8)9;1-11-8-9-13-12-6-4-5-7-14(12)16(2,3)15(13)10-11;1-11-7-9-13(10-8-11)12-5-3-2-4-6-12/h10-18H,1-9H3;4-10H,1-3H3;2-10H,1H3. The number of hydrogen-bond donors (Lipinski definition) is 0. The Hall–Kier alpha value is -5.46. The van der Waals surface area contributed by atoms with Crippen LogP contribution in [0.2, 0.25) is 0 Å². The molecule has 2 aliphatic rings. The topological polar surface area (TPSA) is 0 Å². The van der Waals surface area contributed by atoms with Crippen molar-refractivity contribution in [3.8, 4) is 44.5 Å². The molecule has 59 heavy (non-hydrogen) atoms. The molecule has 0 unspecified atom stereocenters. The van der Waals surface area contributed by atoms with Crippen molar-refractivity contribution in [1.82, 2.24) is 0 Å². The van der Waals surface area contributed by atoms with Gasteiger partial charge in [0.05, 0.1) is 0 Å². The molecule has 0 amide bonds. The number of hydrogen-bond acceptors (Lipinski definition) is 0. The lowest BCUT2D eigenvalue weighted by molar-refractivity contribution is 0.545. The molecule has 0 aliphatic heterocycles. The number of benzene rings is 7. The minimum Gasteiger partial charge on any atom is -0.0622 e. The fourth-order valence-electron chi connectivity index (χ4n) is 9.28. The maximum absolute atomic E-state index is 2.48. The normalized spacial score (nSPS) is 14.1. The minimum atomic E-state index is -0.0104. The Labute approximate surface area is 356 Å². The highest BCUT2D eigenvalue weighted by Gasteiger charge is 2.41. The van der Waals surface area contributed by atoms with Crippen molar-refractivity contribution in [1.29, 1.82) is 0 Å². The van der Waals surface area contributed by atoms with Crippen LogP contribution in [0.1, 0.15) is 119 Å². The zero-order valence-corrected chi connectivity index (χ0v) is 37.9. The quantitative estimate of drug-likeness (QED) is 0.164. The van der Waals surface area contributed by atoms with E-state index in [0.717, 1.165) is 0 Å². The molecular weight excluding hydrogens is 709 g/mol. The van der Waals surface area contributed by atoms with E-state index in [0.29, 0.717) is 0 Å². The van der Waals surface area contributed by atoms with Crippen molar-refractivity contribution < 1.29 is 0 Å². The van der Waals surface area contributed by atoms with Crippen LogP contribution in [-0.4, -0.2) is 0 Å². The molecule has 9 rings (SSSR count). The Bertz CT molecular complexity index is 2610. The van der Waals surface area contributed by atoms with Crippen LogP contribution in [0.5, 0.6) is 0 Å². The van der Waals surface area contributed by atoms with Gasteiger partial charge in [0, 0.05) is 10.8 Å². The van der Waals surface area contributed by atoms with Gasteiger partial charge in [0.2, 0.25) is 0 Å². The molecule has 7 aromatic carbocycles. The highest BCUT2D eigenvalue weighted by Crippen LogP contribution is 2.56. The van der Waals surface area contributed by atoms with Gasteiger partial charge in [0.25, 0.3) is 0 Å². The summed E-state index contributed by atoms with van der Waals surface area (Å²) < 4.78 is 0. The Balaban J connectivity index is 0.000000151.